The molecule has 4 nitrogen and oxygen atoms in total. The molecule has 1 N–H and O–H groups in total. The lowest BCUT2D eigenvalue weighted by Crippen LogP contribution is -2.23. The van der Waals surface area contributed by atoms with Crippen molar-refractivity contribution in [1.29, 1.82) is 0 Å². The number of rotatable bonds is 4. The lowest BCUT2D eigenvalue weighted by molar-refractivity contribution is -0.0100. The highest BCUT2D eigenvalue weighted by atomic mass is 16.5. The van der Waals surface area contributed by atoms with E-state index in [9.17, 15) is 5.11 Å². The number of hydrogen-bond acceptors (Lipinski definition) is 4. The summed E-state index contributed by atoms with van der Waals surface area (Å²) in [5.74, 6) is 1.48. The third-order valence-electron chi connectivity index (χ3n) is 3.39. The van der Waals surface area contributed by atoms with E-state index in [2.05, 4.69) is 0 Å². The van der Waals surface area contributed by atoms with Crippen molar-refractivity contribution < 1.29 is 19.3 Å². The van der Waals surface area contributed by atoms with Gasteiger partial charge in [0.15, 0.2) is 11.5 Å². The Morgan fingerprint density at radius 2 is 2.06 bits per heavy atom. The quantitative estimate of drug-likeness (QED) is 0.892. The summed E-state index contributed by atoms with van der Waals surface area (Å²) >= 11 is 0. The molecule has 4 heteroatoms. The van der Waals surface area contributed by atoms with Crippen molar-refractivity contribution in [3.05, 3.63) is 23.8 Å². The van der Waals surface area contributed by atoms with Crippen LogP contribution in [0, 0.1) is 5.92 Å². The molecule has 2 atom stereocenters. The maximum absolute atomic E-state index is 10.4. The van der Waals surface area contributed by atoms with Crippen LogP contribution in [0.1, 0.15) is 24.5 Å². The first-order valence-electron chi connectivity index (χ1n) is 6.24. The van der Waals surface area contributed by atoms with E-state index in [0.717, 1.165) is 25.0 Å². The van der Waals surface area contributed by atoms with Crippen LogP contribution in [0.5, 0.6) is 11.5 Å². The van der Waals surface area contributed by atoms with Gasteiger partial charge < -0.3 is 19.3 Å². The normalized spacial score (nSPS) is 21.4. The number of ether oxygens (including phenoxy) is 3. The molecule has 1 saturated heterocycles. The molecule has 0 aliphatic carbocycles. The van der Waals surface area contributed by atoms with E-state index in [1.54, 1.807) is 14.2 Å². The fourth-order valence-electron chi connectivity index (χ4n) is 2.32. The molecule has 1 aliphatic rings. The molecule has 18 heavy (non-hydrogen) atoms. The topological polar surface area (TPSA) is 47.9 Å². The number of methoxy groups -OCH3 is 2. The van der Waals surface area contributed by atoms with Crippen LogP contribution in [0.2, 0.25) is 0 Å². The predicted octanol–water partition coefficient (Wildman–Crippen LogP) is 2.16. The minimum absolute atomic E-state index is 0.164. The van der Waals surface area contributed by atoms with Crippen LogP contribution in [-0.4, -0.2) is 32.5 Å². The van der Waals surface area contributed by atoms with E-state index in [-0.39, 0.29) is 5.92 Å². The maximum atomic E-state index is 10.4. The van der Waals surface area contributed by atoms with E-state index in [1.807, 2.05) is 18.2 Å². The van der Waals surface area contributed by atoms with Gasteiger partial charge in [0.25, 0.3) is 0 Å². The second-order valence-electron chi connectivity index (χ2n) is 4.54. The van der Waals surface area contributed by atoms with Crippen molar-refractivity contribution in [1.82, 2.24) is 0 Å². The van der Waals surface area contributed by atoms with E-state index in [0.29, 0.717) is 18.1 Å². The predicted molar refractivity (Wildman–Crippen MR) is 68.0 cm³/mol. The van der Waals surface area contributed by atoms with Crippen LogP contribution in [0.15, 0.2) is 18.2 Å². The Balaban J connectivity index is 2.16. The Morgan fingerprint density at radius 3 is 2.67 bits per heavy atom. The Morgan fingerprint density at radius 1 is 1.28 bits per heavy atom. The van der Waals surface area contributed by atoms with Gasteiger partial charge in [-0.15, -0.1) is 0 Å². The Hall–Kier alpha value is -1.26. The van der Waals surface area contributed by atoms with Gasteiger partial charge in [0, 0.05) is 12.5 Å². The van der Waals surface area contributed by atoms with Gasteiger partial charge in [-0.25, -0.2) is 0 Å². The van der Waals surface area contributed by atoms with E-state index >= 15 is 0 Å². The number of hydrogen-bond donors (Lipinski definition) is 1. The first kappa shape index (κ1) is 13.2. The molecule has 0 bridgehead atoms. The highest BCUT2D eigenvalue weighted by Crippen LogP contribution is 2.34. The molecule has 0 amide bonds. The summed E-state index contributed by atoms with van der Waals surface area (Å²) < 4.78 is 15.8. The van der Waals surface area contributed by atoms with Gasteiger partial charge in [0.1, 0.15) is 0 Å². The zero-order valence-electron chi connectivity index (χ0n) is 10.9. The van der Waals surface area contributed by atoms with Crippen molar-refractivity contribution >= 4 is 0 Å². The van der Waals surface area contributed by atoms with Crippen LogP contribution in [0.25, 0.3) is 0 Å². The van der Waals surface area contributed by atoms with Crippen molar-refractivity contribution in [2.75, 3.05) is 27.4 Å². The number of benzene rings is 1. The molecule has 1 aromatic carbocycles. The molecule has 2 rings (SSSR count). The first-order valence-corrected chi connectivity index (χ1v) is 6.24. The molecular weight excluding hydrogens is 232 g/mol. The van der Waals surface area contributed by atoms with Gasteiger partial charge in [-0.05, 0) is 30.5 Å². The van der Waals surface area contributed by atoms with E-state index < -0.39 is 6.10 Å². The molecular formula is C14H20O4. The van der Waals surface area contributed by atoms with Crippen LogP contribution >= 0.6 is 0 Å². The largest absolute Gasteiger partial charge is 0.493 e. The van der Waals surface area contributed by atoms with E-state index in [4.69, 9.17) is 14.2 Å². The maximum Gasteiger partial charge on any atom is 0.161 e. The summed E-state index contributed by atoms with van der Waals surface area (Å²) in [6, 6.07) is 5.53. The number of aliphatic hydroxyl groups is 1. The van der Waals surface area contributed by atoms with Crippen LogP contribution in [-0.2, 0) is 4.74 Å². The van der Waals surface area contributed by atoms with Crippen molar-refractivity contribution in [2.45, 2.75) is 18.9 Å². The minimum Gasteiger partial charge on any atom is -0.493 e. The highest BCUT2D eigenvalue weighted by molar-refractivity contribution is 5.43. The van der Waals surface area contributed by atoms with Gasteiger partial charge in [0.2, 0.25) is 0 Å². The van der Waals surface area contributed by atoms with Crippen LogP contribution in [0.3, 0.4) is 0 Å². The van der Waals surface area contributed by atoms with Crippen molar-refractivity contribution in [2.24, 2.45) is 5.92 Å². The summed E-state index contributed by atoms with van der Waals surface area (Å²) in [5, 5.41) is 10.4. The minimum atomic E-state index is -0.509. The third kappa shape index (κ3) is 2.76. The molecule has 0 saturated carbocycles. The van der Waals surface area contributed by atoms with Gasteiger partial charge >= 0.3 is 0 Å². The zero-order chi connectivity index (χ0) is 13.0. The Labute approximate surface area is 107 Å². The molecule has 0 spiro atoms. The van der Waals surface area contributed by atoms with Gasteiger partial charge in [-0.2, -0.15) is 0 Å². The molecule has 0 aromatic heterocycles. The lowest BCUT2D eigenvalue weighted by atomic mass is 9.91. The van der Waals surface area contributed by atoms with Crippen molar-refractivity contribution in [3.63, 3.8) is 0 Å². The van der Waals surface area contributed by atoms with Gasteiger partial charge in [0.05, 0.1) is 26.9 Å². The molecule has 1 fully saturated rings. The van der Waals surface area contributed by atoms with Crippen LogP contribution in [0.4, 0.5) is 0 Å². The average Bonchev–Trinajstić information content (AvgIpc) is 2.46. The summed E-state index contributed by atoms with van der Waals surface area (Å²) in [6.45, 7) is 1.42. The summed E-state index contributed by atoms with van der Waals surface area (Å²) in [6.07, 6.45) is 1.50. The average molecular weight is 252 g/mol. The second kappa shape index (κ2) is 6.07. The molecule has 2 unspecified atom stereocenters. The van der Waals surface area contributed by atoms with Gasteiger partial charge in [-0.3, -0.25) is 0 Å². The molecule has 0 radical (unpaired) electrons. The first-order chi connectivity index (χ1) is 8.76. The second-order valence-corrected chi connectivity index (χ2v) is 4.54. The highest BCUT2D eigenvalue weighted by Gasteiger charge is 2.24. The Kier molecular flexibility index (Phi) is 4.44. The fraction of sp³-hybridized carbons (Fsp3) is 0.571. The molecule has 100 valence electrons. The SMILES string of the molecule is COc1ccc(C(O)C2CCCOC2)cc1OC. The summed E-state index contributed by atoms with van der Waals surface area (Å²) in [7, 11) is 3.20. The Bertz CT molecular complexity index is 385. The zero-order valence-corrected chi connectivity index (χ0v) is 10.9. The smallest absolute Gasteiger partial charge is 0.161 e. The summed E-state index contributed by atoms with van der Waals surface area (Å²) in [4.78, 5) is 0. The molecule has 1 aromatic rings. The number of aliphatic hydroxyl groups excluding tert-OH is 1. The molecule has 1 aliphatic heterocycles. The lowest BCUT2D eigenvalue weighted by Gasteiger charge is -2.27. The third-order valence-corrected chi connectivity index (χ3v) is 3.39. The fourth-order valence-corrected chi connectivity index (χ4v) is 2.32. The standard InChI is InChI=1S/C14H20O4/c1-16-12-6-5-10(8-13(12)17-2)14(15)11-4-3-7-18-9-11/h5-6,8,11,14-15H,3-4,7,9H2,1-2H3. The molecule has 1 heterocycles. The van der Waals surface area contributed by atoms with Gasteiger partial charge in [-0.1, -0.05) is 6.07 Å². The van der Waals surface area contributed by atoms with Crippen molar-refractivity contribution in [3.8, 4) is 11.5 Å². The van der Waals surface area contributed by atoms with Crippen LogP contribution < -0.4 is 9.47 Å². The summed E-state index contributed by atoms with van der Waals surface area (Å²) in [5.41, 5.74) is 0.850. The van der Waals surface area contributed by atoms with E-state index in [1.165, 1.54) is 0 Å². The monoisotopic (exact) mass is 252 g/mol.